The molecule has 0 amide bonds. The van der Waals surface area contributed by atoms with Crippen LogP contribution in [0.4, 0.5) is 0 Å². The molecule has 0 aromatic carbocycles. The van der Waals surface area contributed by atoms with Crippen molar-refractivity contribution in [2.75, 3.05) is 13.6 Å². The molecule has 96 valence electrons. The van der Waals surface area contributed by atoms with Crippen molar-refractivity contribution in [3.8, 4) is 0 Å². The van der Waals surface area contributed by atoms with Crippen LogP contribution in [0.1, 0.15) is 25.1 Å². The minimum atomic E-state index is -0.0525. The van der Waals surface area contributed by atoms with Crippen molar-refractivity contribution in [3.63, 3.8) is 0 Å². The van der Waals surface area contributed by atoms with Gasteiger partial charge in [0.15, 0.2) is 5.65 Å². The Hall–Kier alpha value is -1.62. The molecular formula is C13H18N4O. The zero-order valence-electron chi connectivity index (χ0n) is 10.6. The highest BCUT2D eigenvalue weighted by Gasteiger charge is 2.20. The van der Waals surface area contributed by atoms with Gasteiger partial charge in [0, 0.05) is 18.5 Å². The molecule has 2 aromatic heterocycles. The molecule has 0 saturated carbocycles. The van der Waals surface area contributed by atoms with Gasteiger partial charge in [-0.2, -0.15) is 0 Å². The summed E-state index contributed by atoms with van der Waals surface area (Å²) in [6.45, 7) is 1.16. The Morgan fingerprint density at radius 2 is 2.33 bits per heavy atom. The topological polar surface area (TPSA) is 53.4 Å². The molecule has 0 aliphatic carbocycles. The number of nitrogens with one attached hydrogen (secondary N) is 1. The number of aromatic amines is 1. The Morgan fingerprint density at radius 3 is 3.11 bits per heavy atom. The van der Waals surface area contributed by atoms with E-state index in [1.807, 2.05) is 6.07 Å². The third-order valence-electron chi connectivity index (χ3n) is 3.77. The molecule has 1 fully saturated rings. The number of nitrogens with zero attached hydrogens (tertiary/aromatic N) is 3. The number of H-pyrrole nitrogens is 1. The molecule has 1 atom stereocenters. The highest BCUT2D eigenvalue weighted by atomic mass is 16.1. The van der Waals surface area contributed by atoms with Gasteiger partial charge in [-0.3, -0.25) is 9.89 Å². The first-order valence-corrected chi connectivity index (χ1v) is 6.51. The quantitative estimate of drug-likeness (QED) is 0.861. The Bertz CT molecular complexity index is 600. The van der Waals surface area contributed by atoms with E-state index in [1.165, 1.54) is 23.8 Å². The van der Waals surface area contributed by atoms with Gasteiger partial charge in [-0.25, -0.2) is 9.50 Å². The molecule has 1 aliphatic heterocycles. The lowest BCUT2D eigenvalue weighted by atomic mass is 10.00. The van der Waals surface area contributed by atoms with Crippen LogP contribution in [0.25, 0.3) is 5.65 Å². The molecule has 2 aromatic rings. The Balaban J connectivity index is 1.86. The minimum absolute atomic E-state index is 0.0525. The molecule has 0 spiro atoms. The monoisotopic (exact) mass is 246 g/mol. The maximum atomic E-state index is 11.6. The Kier molecular flexibility index (Phi) is 2.91. The van der Waals surface area contributed by atoms with Crippen LogP contribution in [0, 0.1) is 0 Å². The Morgan fingerprint density at radius 1 is 1.44 bits per heavy atom. The SMILES string of the molecule is CN1CCCCC1Cc1nc2cccc(=O)n2[nH]1. The summed E-state index contributed by atoms with van der Waals surface area (Å²) in [5.74, 6) is 0.900. The average molecular weight is 246 g/mol. The van der Waals surface area contributed by atoms with Crippen molar-refractivity contribution in [1.82, 2.24) is 19.5 Å². The first-order valence-electron chi connectivity index (χ1n) is 6.51. The van der Waals surface area contributed by atoms with E-state index in [9.17, 15) is 4.79 Å². The minimum Gasteiger partial charge on any atom is -0.303 e. The van der Waals surface area contributed by atoms with E-state index in [2.05, 4.69) is 22.0 Å². The number of hydrogen-bond acceptors (Lipinski definition) is 3. The second-order valence-electron chi connectivity index (χ2n) is 5.06. The van der Waals surface area contributed by atoms with Gasteiger partial charge >= 0.3 is 0 Å². The van der Waals surface area contributed by atoms with Crippen LogP contribution in [-0.4, -0.2) is 39.1 Å². The summed E-state index contributed by atoms with van der Waals surface area (Å²) in [7, 11) is 2.17. The number of pyridine rings is 1. The summed E-state index contributed by atoms with van der Waals surface area (Å²) in [6.07, 6.45) is 4.67. The van der Waals surface area contributed by atoms with Gasteiger partial charge < -0.3 is 4.90 Å². The lowest BCUT2D eigenvalue weighted by molar-refractivity contribution is 0.182. The number of rotatable bonds is 2. The molecule has 18 heavy (non-hydrogen) atoms. The second kappa shape index (κ2) is 4.57. The summed E-state index contributed by atoms with van der Waals surface area (Å²) in [5, 5.41) is 3.10. The van der Waals surface area contributed by atoms with Crippen molar-refractivity contribution < 1.29 is 0 Å². The molecule has 1 saturated heterocycles. The summed E-state index contributed by atoms with van der Waals surface area (Å²) < 4.78 is 1.51. The van der Waals surface area contributed by atoms with Gasteiger partial charge in [-0.05, 0) is 32.5 Å². The summed E-state index contributed by atoms with van der Waals surface area (Å²) >= 11 is 0. The van der Waals surface area contributed by atoms with E-state index in [-0.39, 0.29) is 5.56 Å². The zero-order chi connectivity index (χ0) is 12.5. The molecule has 0 bridgehead atoms. The molecule has 0 radical (unpaired) electrons. The second-order valence-corrected chi connectivity index (χ2v) is 5.06. The fourth-order valence-corrected chi connectivity index (χ4v) is 2.69. The largest absolute Gasteiger partial charge is 0.303 e. The molecule has 5 nitrogen and oxygen atoms in total. The van der Waals surface area contributed by atoms with Gasteiger partial charge in [-0.15, -0.1) is 0 Å². The highest BCUT2D eigenvalue weighted by Crippen LogP contribution is 2.17. The van der Waals surface area contributed by atoms with Gasteiger partial charge in [-0.1, -0.05) is 12.5 Å². The molecule has 1 aliphatic rings. The van der Waals surface area contributed by atoms with Crippen molar-refractivity contribution in [1.29, 1.82) is 0 Å². The van der Waals surface area contributed by atoms with Crippen molar-refractivity contribution in [2.45, 2.75) is 31.7 Å². The predicted molar refractivity (Wildman–Crippen MR) is 69.8 cm³/mol. The first-order chi connectivity index (χ1) is 8.74. The van der Waals surface area contributed by atoms with Crippen molar-refractivity contribution in [2.24, 2.45) is 0 Å². The fourth-order valence-electron chi connectivity index (χ4n) is 2.69. The van der Waals surface area contributed by atoms with Crippen molar-refractivity contribution in [3.05, 3.63) is 34.4 Å². The maximum absolute atomic E-state index is 11.6. The standard InChI is InChI=1S/C13H18N4O/c1-16-8-3-2-5-10(16)9-11-14-12-6-4-7-13(18)17(12)15-11/h4,6-7,10H,2-3,5,8-9H2,1H3,(H,14,15). The van der Waals surface area contributed by atoms with Gasteiger partial charge in [0.25, 0.3) is 5.56 Å². The molecular weight excluding hydrogens is 228 g/mol. The first kappa shape index (κ1) is 11.5. The fraction of sp³-hybridized carbons (Fsp3) is 0.538. The van der Waals surface area contributed by atoms with Crippen LogP contribution in [0.2, 0.25) is 0 Å². The maximum Gasteiger partial charge on any atom is 0.271 e. The van der Waals surface area contributed by atoms with Crippen LogP contribution < -0.4 is 5.56 Å². The third-order valence-corrected chi connectivity index (χ3v) is 3.77. The predicted octanol–water partition coefficient (Wildman–Crippen LogP) is 1.05. The zero-order valence-corrected chi connectivity index (χ0v) is 10.6. The molecule has 5 heteroatoms. The van der Waals surface area contributed by atoms with E-state index in [0.717, 1.165) is 18.8 Å². The van der Waals surface area contributed by atoms with E-state index in [0.29, 0.717) is 11.7 Å². The lowest BCUT2D eigenvalue weighted by Crippen LogP contribution is -2.37. The number of likely N-dealkylation sites (tertiary alicyclic amines) is 1. The number of aromatic nitrogens is 3. The molecule has 1 unspecified atom stereocenters. The summed E-state index contributed by atoms with van der Waals surface area (Å²) in [6, 6.07) is 5.68. The van der Waals surface area contributed by atoms with Crippen LogP contribution in [0.3, 0.4) is 0 Å². The Labute approximate surface area is 105 Å². The third kappa shape index (κ3) is 2.06. The van der Waals surface area contributed by atoms with Crippen LogP contribution >= 0.6 is 0 Å². The van der Waals surface area contributed by atoms with Crippen LogP contribution in [0.15, 0.2) is 23.0 Å². The summed E-state index contributed by atoms with van der Waals surface area (Å²) in [4.78, 5) is 18.5. The van der Waals surface area contributed by atoms with E-state index >= 15 is 0 Å². The van der Waals surface area contributed by atoms with Gasteiger partial charge in [0.05, 0.1) is 0 Å². The van der Waals surface area contributed by atoms with Crippen LogP contribution in [0.5, 0.6) is 0 Å². The van der Waals surface area contributed by atoms with Crippen LogP contribution in [-0.2, 0) is 6.42 Å². The molecule has 1 N–H and O–H groups in total. The van der Waals surface area contributed by atoms with E-state index in [4.69, 9.17) is 0 Å². The normalized spacial score (nSPS) is 21.5. The smallest absolute Gasteiger partial charge is 0.271 e. The number of likely N-dealkylation sites (N-methyl/N-ethyl adjacent to an activating group) is 1. The molecule has 3 rings (SSSR count). The number of piperidine rings is 1. The summed E-state index contributed by atoms with van der Waals surface area (Å²) in [5.41, 5.74) is 0.652. The highest BCUT2D eigenvalue weighted by molar-refractivity contribution is 5.36. The van der Waals surface area contributed by atoms with E-state index < -0.39 is 0 Å². The molecule has 3 heterocycles. The van der Waals surface area contributed by atoms with E-state index in [1.54, 1.807) is 12.1 Å². The van der Waals surface area contributed by atoms with Gasteiger partial charge in [0.1, 0.15) is 5.82 Å². The van der Waals surface area contributed by atoms with Gasteiger partial charge in [0.2, 0.25) is 0 Å². The van der Waals surface area contributed by atoms with Crippen molar-refractivity contribution >= 4 is 5.65 Å². The number of hydrogen-bond donors (Lipinski definition) is 1. The lowest BCUT2D eigenvalue weighted by Gasteiger charge is -2.31. The average Bonchev–Trinajstić information content (AvgIpc) is 2.76. The number of fused-ring (bicyclic) bond motifs is 1.